The second-order valence-corrected chi connectivity index (χ2v) is 9.79. The number of benzene rings is 2. The number of aliphatic hydroxyl groups excluding tert-OH is 4. The van der Waals surface area contributed by atoms with Crippen molar-refractivity contribution in [2.75, 3.05) is 33.5 Å². The molecule has 0 radical (unpaired) electrons. The zero-order valence-electron chi connectivity index (χ0n) is 22.1. The van der Waals surface area contributed by atoms with Crippen molar-refractivity contribution in [3.8, 4) is 17.2 Å². The third kappa shape index (κ3) is 7.06. The van der Waals surface area contributed by atoms with Crippen LogP contribution in [0.5, 0.6) is 17.2 Å². The van der Waals surface area contributed by atoms with Gasteiger partial charge >= 0.3 is 5.97 Å². The van der Waals surface area contributed by atoms with E-state index in [0.717, 1.165) is 5.56 Å². The number of carbonyl (C=O) groups excluding carboxylic acids is 1. The second kappa shape index (κ2) is 13.3. The van der Waals surface area contributed by atoms with Gasteiger partial charge in [-0.15, -0.1) is 0 Å². The van der Waals surface area contributed by atoms with E-state index in [-0.39, 0.29) is 29.4 Å². The number of hydrogen-bond donors (Lipinski definition) is 7. The zero-order valence-corrected chi connectivity index (χ0v) is 22.1. The molecular weight excluding hydrogens is 548 g/mol. The molecule has 0 spiro atoms. The number of ether oxygens (including phenoxy) is 6. The maximum atomic E-state index is 12.5. The summed E-state index contributed by atoms with van der Waals surface area (Å²) in [7, 11) is 1.31. The normalized spacial score (nSPS) is 31.6. The van der Waals surface area contributed by atoms with E-state index in [9.17, 15) is 40.5 Å². The van der Waals surface area contributed by atoms with Crippen LogP contribution < -0.4 is 4.74 Å². The number of carbonyl (C=O) groups is 1. The summed E-state index contributed by atoms with van der Waals surface area (Å²) in [4.78, 5) is 12.5. The average Bonchev–Trinajstić information content (AvgIpc) is 3.25. The highest BCUT2D eigenvalue weighted by atomic mass is 16.8. The molecule has 14 heteroatoms. The fraction of sp³-hybridized carbons (Fsp3) is 0.519. The lowest BCUT2D eigenvalue weighted by Crippen LogP contribution is -2.61. The number of hydrogen-bond acceptors (Lipinski definition) is 14. The Hall–Kier alpha value is -3.05. The van der Waals surface area contributed by atoms with E-state index in [0.29, 0.717) is 6.42 Å². The Balaban J connectivity index is 1.38. The Morgan fingerprint density at radius 2 is 1.78 bits per heavy atom. The lowest BCUT2D eigenvalue weighted by molar-refractivity contribution is -0.335. The predicted octanol–water partition coefficient (Wildman–Crippen LogP) is -1.20. The molecule has 0 unspecified atom stereocenters. The van der Waals surface area contributed by atoms with Crippen LogP contribution in [0.3, 0.4) is 0 Å². The number of phenolic OH excluding ortho intramolecular Hbond substituents is 2. The summed E-state index contributed by atoms with van der Waals surface area (Å²) in [6.07, 6.45) is -10.0. The van der Waals surface area contributed by atoms with Gasteiger partial charge < -0.3 is 64.2 Å². The summed E-state index contributed by atoms with van der Waals surface area (Å²) in [5, 5.41) is 71.5. The van der Waals surface area contributed by atoms with Crippen molar-refractivity contribution in [1.82, 2.24) is 0 Å². The highest BCUT2D eigenvalue weighted by molar-refractivity contribution is 5.90. The number of aromatic hydroxyl groups is 2. The number of methoxy groups -OCH3 is 1. The molecule has 41 heavy (non-hydrogen) atoms. The summed E-state index contributed by atoms with van der Waals surface area (Å²) >= 11 is 0. The van der Waals surface area contributed by atoms with Crippen molar-refractivity contribution in [2.45, 2.75) is 55.1 Å². The Bertz CT molecular complexity index is 1160. The highest BCUT2D eigenvalue weighted by Gasteiger charge is 2.54. The van der Waals surface area contributed by atoms with Gasteiger partial charge in [-0.2, -0.15) is 0 Å². The average molecular weight is 583 g/mol. The molecule has 0 saturated carbocycles. The molecule has 2 heterocycles. The monoisotopic (exact) mass is 582 g/mol. The molecule has 14 nitrogen and oxygen atoms in total. The predicted molar refractivity (Wildman–Crippen MR) is 136 cm³/mol. The maximum absolute atomic E-state index is 12.5. The first kappa shape index (κ1) is 30.9. The van der Waals surface area contributed by atoms with Crippen LogP contribution in [-0.4, -0.2) is 124 Å². The van der Waals surface area contributed by atoms with E-state index >= 15 is 0 Å². The molecular formula is C27H34O14. The molecule has 2 aromatic carbocycles. The maximum Gasteiger partial charge on any atom is 0.338 e. The molecule has 0 aromatic heterocycles. The summed E-state index contributed by atoms with van der Waals surface area (Å²) in [6.45, 7) is -1.76. The summed E-state index contributed by atoms with van der Waals surface area (Å²) in [5.74, 6) is -0.916. The fourth-order valence-electron chi connectivity index (χ4n) is 4.42. The van der Waals surface area contributed by atoms with E-state index in [1.165, 1.54) is 37.4 Å². The van der Waals surface area contributed by atoms with Crippen molar-refractivity contribution in [2.24, 2.45) is 0 Å². The molecule has 0 aliphatic carbocycles. The van der Waals surface area contributed by atoms with Crippen LogP contribution >= 0.6 is 0 Å². The number of aliphatic hydroxyl groups is 5. The van der Waals surface area contributed by atoms with Gasteiger partial charge in [-0.05, 0) is 42.3 Å². The van der Waals surface area contributed by atoms with Crippen LogP contribution in [0.1, 0.15) is 15.9 Å². The fourth-order valence-corrected chi connectivity index (χ4v) is 4.42. The summed E-state index contributed by atoms with van der Waals surface area (Å²) in [5.41, 5.74) is -1.24. The first-order valence-electron chi connectivity index (χ1n) is 12.8. The van der Waals surface area contributed by atoms with Crippen LogP contribution in [0.2, 0.25) is 0 Å². The molecule has 8 atom stereocenters. The van der Waals surface area contributed by atoms with Crippen LogP contribution in [-0.2, 0) is 30.1 Å². The third-order valence-electron chi connectivity index (χ3n) is 6.90. The molecule has 2 aliphatic heterocycles. The highest BCUT2D eigenvalue weighted by Crippen LogP contribution is 2.32. The minimum atomic E-state index is -2.09. The Morgan fingerprint density at radius 1 is 1.05 bits per heavy atom. The quantitative estimate of drug-likeness (QED) is 0.155. The number of rotatable bonds is 11. The van der Waals surface area contributed by atoms with Gasteiger partial charge in [0.05, 0.1) is 32.5 Å². The Morgan fingerprint density at radius 3 is 2.46 bits per heavy atom. The van der Waals surface area contributed by atoms with Gasteiger partial charge in [-0.1, -0.05) is 12.1 Å². The molecule has 4 rings (SSSR count). The molecule has 226 valence electrons. The van der Waals surface area contributed by atoms with Crippen molar-refractivity contribution < 1.29 is 69.0 Å². The van der Waals surface area contributed by atoms with Crippen molar-refractivity contribution in [3.63, 3.8) is 0 Å². The molecule has 2 saturated heterocycles. The smallest absolute Gasteiger partial charge is 0.338 e. The number of esters is 1. The van der Waals surface area contributed by atoms with E-state index in [4.69, 9.17) is 28.4 Å². The van der Waals surface area contributed by atoms with E-state index < -0.39 is 74.5 Å². The van der Waals surface area contributed by atoms with Gasteiger partial charge in [-0.25, -0.2) is 4.79 Å². The van der Waals surface area contributed by atoms with Gasteiger partial charge in [-0.3, -0.25) is 0 Å². The topological polar surface area (TPSA) is 214 Å². The van der Waals surface area contributed by atoms with Crippen molar-refractivity contribution >= 4 is 5.97 Å². The third-order valence-corrected chi connectivity index (χ3v) is 6.90. The van der Waals surface area contributed by atoms with Crippen LogP contribution in [0.15, 0.2) is 42.5 Å². The van der Waals surface area contributed by atoms with Crippen molar-refractivity contribution in [1.29, 1.82) is 0 Å². The Kier molecular flexibility index (Phi) is 10.0. The lowest BCUT2D eigenvalue weighted by atomic mass is 9.98. The minimum Gasteiger partial charge on any atom is -0.508 e. The molecule has 7 N–H and O–H groups in total. The largest absolute Gasteiger partial charge is 0.508 e. The number of phenols is 2. The molecule has 0 amide bonds. The second-order valence-electron chi connectivity index (χ2n) is 9.79. The van der Waals surface area contributed by atoms with E-state index in [1.807, 2.05) is 0 Å². The van der Waals surface area contributed by atoms with Gasteiger partial charge in [0.2, 0.25) is 0 Å². The summed E-state index contributed by atoms with van der Waals surface area (Å²) < 4.78 is 32.6. The Labute approximate surface area is 234 Å². The van der Waals surface area contributed by atoms with Crippen LogP contribution in [0.4, 0.5) is 0 Å². The van der Waals surface area contributed by atoms with Gasteiger partial charge in [0, 0.05) is 0 Å². The summed E-state index contributed by atoms with van der Waals surface area (Å²) in [6, 6.07) is 10.2. The van der Waals surface area contributed by atoms with Crippen LogP contribution in [0, 0.1) is 0 Å². The van der Waals surface area contributed by atoms with Crippen molar-refractivity contribution in [3.05, 3.63) is 53.6 Å². The molecule has 2 aliphatic rings. The van der Waals surface area contributed by atoms with Crippen LogP contribution in [0.25, 0.3) is 0 Å². The lowest BCUT2D eigenvalue weighted by Gasteiger charge is -2.42. The van der Waals surface area contributed by atoms with Gasteiger partial charge in [0.15, 0.2) is 29.7 Å². The van der Waals surface area contributed by atoms with Gasteiger partial charge in [0.25, 0.3) is 0 Å². The molecule has 0 bridgehead atoms. The van der Waals surface area contributed by atoms with E-state index in [1.54, 1.807) is 12.1 Å². The first-order valence-corrected chi connectivity index (χ1v) is 12.8. The van der Waals surface area contributed by atoms with Gasteiger partial charge in [0.1, 0.15) is 42.9 Å². The first-order chi connectivity index (χ1) is 19.6. The molecule has 2 fully saturated rings. The molecule has 2 aromatic rings. The van der Waals surface area contributed by atoms with E-state index in [2.05, 4.69) is 0 Å². The standard InChI is InChI=1S/C27H34O14/c1-36-18-10-15(4-7-17(18)30)24(34)38-12-27(35)13-39-26(23(27)33)41-22-21(32)20(31)19(11-28)40-25(22)37-9-8-14-2-5-16(29)6-3-14/h2-7,10,19-23,25-26,28-33,35H,8-9,11-13H2,1H3/t19-,20-,21+,22-,23+,25-,26+,27-/m0/s1. The zero-order chi connectivity index (χ0) is 29.7. The SMILES string of the molecule is COc1cc(C(=O)OC[C@]2(O)CO[C@H](O[C@@H]3[C@@H](OCCc4ccc(O)cc4)O[C@@H](CO)[C@H](O)[C@H]3O)[C@H]2O)ccc1O. The minimum absolute atomic E-state index is 0.0200.